The number of nitrogens with zero attached hydrogens (tertiary/aromatic N) is 1. The molecule has 3 N–H and O–H groups in total. The summed E-state index contributed by atoms with van der Waals surface area (Å²) in [5.74, 6) is 0.569. The lowest BCUT2D eigenvalue weighted by Crippen LogP contribution is -2.15. The molecule has 0 aliphatic heterocycles. The second-order valence-electron chi connectivity index (χ2n) is 4.36. The van der Waals surface area contributed by atoms with Crippen LogP contribution in [0.1, 0.15) is 16.7 Å². The van der Waals surface area contributed by atoms with Crippen LogP contribution >= 0.6 is 11.6 Å². The quantitative estimate of drug-likeness (QED) is 0.393. The highest BCUT2D eigenvalue weighted by Gasteiger charge is 2.09. The van der Waals surface area contributed by atoms with E-state index in [-0.39, 0.29) is 5.84 Å². The number of amidine groups is 1. The Kier molecular flexibility index (Phi) is 4.48. The highest BCUT2D eigenvalue weighted by atomic mass is 35.5. The van der Waals surface area contributed by atoms with Crippen LogP contribution in [-0.4, -0.2) is 11.0 Å². The van der Waals surface area contributed by atoms with Crippen molar-refractivity contribution in [3.63, 3.8) is 0 Å². The number of halogens is 1. The van der Waals surface area contributed by atoms with Crippen LogP contribution in [0.15, 0.2) is 47.6 Å². The van der Waals surface area contributed by atoms with Crippen molar-refractivity contribution in [2.24, 2.45) is 10.9 Å². The molecule has 0 fully saturated rings. The molecule has 0 saturated heterocycles. The molecule has 0 amide bonds. The largest absolute Gasteiger partial charge is 0.488 e. The summed E-state index contributed by atoms with van der Waals surface area (Å²) in [6.45, 7) is 2.26. The maximum atomic E-state index is 8.80. The Morgan fingerprint density at radius 1 is 1.30 bits per heavy atom. The van der Waals surface area contributed by atoms with Crippen LogP contribution in [0.4, 0.5) is 0 Å². The molecule has 0 spiro atoms. The third-order valence-electron chi connectivity index (χ3n) is 2.86. The molecule has 0 radical (unpaired) electrons. The SMILES string of the molecule is Cc1ccc(C(N)=NO)c(OCc2ccccc2Cl)c1. The lowest BCUT2D eigenvalue weighted by Gasteiger charge is -2.12. The van der Waals surface area contributed by atoms with Crippen molar-refractivity contribution in [3.05, 3.63) is 64.2 Å². The number of rotatable bonds is 4. The van der Waals surface area contributed by atoms with Crippen molar-refractivity contribution in [1.82, 2.24) is 0 Å². The van der Waals surface area contributed by atoms with E-state index in [0.29, 0.717) is 22.9 Å². The molecular formula is C15H15ClN2O2. The van der Waals surface area contributed by atoms with Gasteiger partial charge in [-0.1, -0.05) is 41.0 Å². The van der Waals surface area contributed by atoms with Gasteiger partial charge in [0.25, 0.3) is 0 Å². The molecule has 0 bridgehead atoms. The minimum absolute atomic E-state index is 0.0131. The molecular weight excluding hydrogens is 276 g/mol. The summed E-state index contributed by atoms with van der Waals surface area (Å²) in [5.41, 5.74) is 8.08. The van der Waals surface area contributed by atoms with E-state index in [0.717, 1.165) is 11.1 Å². The molecule has 2 rings (SSSR count). The van der Waals surface area contributed by atoms with Crippen molar-refractivity contribution in [1.29, 1.82) is 0 Å². The van der Waals surface area contributed by atoms with E-state index in [1.807, 2.05) is 37.3 Å². The van der Waals surface area contributed by atoms with Gasteiger partial charge in [-0.25, -0.2) is 0 Å². The van der Waals surface area contributed by atoms with E-state index in [4.69, 9.17) is 27.3 Å². The number of hydrogen-bond acceptors (Lipinski definition) is 3. The summed E-state index contributed by atoms with van der Waals surface area (Å²) in [6.07, 6.45) is 0. The molecule has 0 aliphatic rings. The first kappa shape index (κ1) is 14.2. The predicted molar refractivity (Wildman–Crippen MR) is 79.5 cm³/mol. The van der Waals surface area contributed by atoms with Gasteiger partial charge in [-0.05, 0) is 30.7 Å². The van der Waals surface area contributed by atoms with Gasteiger partial charge >= 0.3 is 0 Å². The molecule has 0 aliphatic carbocycles. The zero-order valence-electron chi connectivity index (χ0n) is 11.0. The molecule has 2 aromatic rings. The van der Waals surface area contributed by atoms with E-state index < -0.39 is 0 Å². The second-order valence-corrected chi connectivity index (χ2v) is 4.77. The molecule has 5 heteroatoms. The monoisotopic (exact) mass is 290 g/mol. The summed E-state index contributed by atoms with van der Waals surface area (Å²) in [7, 11) is 0. The molecule has 0 unspecified atom stereocenters. The molecule has 0 aromatic heterocycles. The summed E-state index contributed by atoms with van der Waals surface area (Å²) >= 11 is 6.08. The number of aryl methyl sites for hydroxylation is 1. The van der Waals surface area contributed by atoms with Gasteiger partial charge in [0.1, 0.15) is 12.4 Å². The van der Waals surface area contributed by atoms with Crippen LogP contribution in [0, 0.1) is 6.92 Å². The smallest absolute Gasteiger partial charge is 0.173 e. The molecule has 0 saturated carbocycles. The summed E-state index contributed by atoms with van der Waals surface area (Å²) < 4.78 is 5.75. The fourth-order valence-electron chi connectivity index (χ4n) is 1.79. The molecule has 0 atom stereocenters. The van der Waals surface area contributed by atoms with Crippen LogP contribution in [-0.2, 0) is 6.61 Å². The van der Waals surface area contributed by atoms with Crippen molar-refractivity contribution >= 4 is 17.4 Å². The maximum absolute atomic E-state index is 8.80. The average molecular weight is 291 g/mol. The van der Waals surface area contributed by atoms with Crippen molar-refractivity contribution in [2.75, 3.05) is 0 Å². The fourth-order valence-corrected chi connectivity index (χ4v) is 1.98. The minimum atomic E-state index is 0.0131. The standard InChI is InChI=1S/C15H15ClN2O2/c1-10-6-7-12(15(17)18-19)14(8-10)20-9-11-4-2-3-5-13(11)16/h2-8,19H,9H2,1H3,(H2,17,18). The van der Waals surface area contributed by atoms with Gasteiger partial charge in [-0.3, -0.25) is 0 Å². The Morgan fingerprint density at radius 3 is 2.75 bits per heavy atom. The first-order valence-corrected chi connectivity index (χ1v) is 6.44. The summed E-state index contributed by atoms with van der Waals surface area (Å²) in [4.78, 5) is 0. The molecule has 0 heterocycles. The highest BCUT2D eigenvalue weighted by Crippen LogP contribution is 2.23. The van der Waals surface area contributed by atoms with Crippen molar-refractivity contribution in [2.45, 2.75) is 13.5 Å². The average Bonchev–Trinajstić information content (AvgIpc) is 2.46. The zero-order valence-corrected chi connectivity index (χ0v) is 11.8. The lowest BCUT2D eigenvalue weighted by atomic mass is 10.1. The highest BCUT2D eigenvalue weighted by molar-refractivity contribution is 6.31. The van der Waals surface area contributed by atoms with Gasteiger partial charge in [0, 0.05) is 10.6 Å². The van der Waals surface area contributed by atoms with Crippen molar-refractivity contribution in [3.8, 4) is 5.75 Å². The van der Waals surface area contributed by atoms with Crippen LogP contribution in [0.5, 0.6) is 5.75 Å². The van der Waals surface area contributed by atoms with Gasteiger partial charge in [0.05, 0.1) is 5.56 Å². The molecule has 4 nitrogen and oxygen atoms in total. The van der Waals surface area contributed by atoms with E-state index in [2.05, 4.69) is 5.16 Å². The predicted octanol–water partition coefficient (Wildman–Crippen LogP) is 3.32. The van der Waals surface area contributed by atoms with Crippen LogP contribution in [0.2, 0.25) is 5.02 Å². The van der Waals surface area contributed by atoms with Gasteiger partial charge < -0.3 is 15.7 Å². The van der Waals surface area contributed by atoms with Gasteiger partial charge in [0.2, 0.25) is 0 Å². The fraction of sp³-hybridized carbons (Fsp3) is 0.133. The van der Waals surface area contributed by atoms with Crippen molar-refractivity contribution < 1.29 is 9.94 Å². The number of hydrogen-bond donors (Lipinski definition) is 2. The summed E-state index contributed by atoms with van der Waals surface area (Å²) in [6, 6.07) is 12.9. The van der Waals surface area contributed by atoms with Crippen LogP contribution in [0.3, 0.4) is 0 Å². The first-order valence-electron chi connectivity index (χ1n) is 6.06. The Bertz CT molecular complexity index is 642. The topological polar surface area (TPSA) is 67.8 Å². The minimum Gasteiger partial charge on any atom is -0.488 e. The van der Waals surface area contributed by atoms with Gasteiger partial charge in [-0.2, -0.15) is 0 Å². The summed E-state index contributed by atoms with van der Waals surface area (Å²) in [5, 5.41) is 12.5. The Morgan fingerprint density at radius 2 is 2.05 bits per heavy atom. The lowest BCUT2D eigenvalue weighted by molar-refractivity contribution is 0.303. The second kappa shape index (κ2) is 6.30. The van der Waals surface area contributed by atoms with E-state index in [9.17, 15) is 0 Å². The Hall–Kier alpha value is -2.20. The van der Waals surface area contributed by atoms with E-state index in [1.54, 1.807) is 12.1 Å². The molecule has 104 valence electrons. The Balaban J connectivity index is 2.25. The van der Waals surface area contributed by atoms with Crippen LogP contribution < -0.4 is 10.5 Å². The van der Waals surface area contributed by atoms with Gasteiger partial charge in [-0.15, -0.1) is 0 Å². The first-order chi connectivity index (χ1) is 9.61. The van der Waals surface area contributed by atoms with Gasteiger partial charge in [0.15, 0.2) is 5.84 Å². The number of ether oxygens (including phenoxy) is 1. The molecule has 20 heavy (non-hydrogen) atoms. The third kappa shape index (κ3) is 3.22. The zero-order chi connectivity index (χ0) is 14.5. The maximum Gasteiger partial charge on any atom is 0.173 e. The number of nitrogens with two attached hydrogens (primary N) is 1. The Labute approximate surface area is 122 Å². The van der Waals surface area contributed by atoms with Crippen LogP contribution in [0.25, 0.3) is 0 Å². The van der Waals surface area contributed by atoms with E-state index >= 15 is 0 Å². The third-order valence-corrected chi connectivity index (χ3v) is 3.23. The number of oxime groups is 1. The number of benzene rings is 2. The normalized spacial score (nSPS) is 11.4. The molecule has 2 aromatic carbocycles. The van der Waals surface area contributed by atoms with E-state index in [1.165, 1.54) is 0 Å².